The predicted molar refractivity (Wildman–Crippen MR) is 95.1 cm³/mol. The van der Waals surface area contributed by atoms with Crippen molar-refractivity contribution in [2.45, 2.75) is 32.6 Å². The van der Waals surface area contributed by atoms with Gasteiger partial charge in [-0.15, -0.1) is 12.4 Å². The van der Waals surface area contributed by atoms with Crippen molar-refractivity contribution in [2.75, 3.05) is 18.4 Å². The molecule has 0 atom stereocenters. The Morgan fingerprint density at radius 1 is 1.41 bits per heavy atom. The minimum Gasteiger partial charge on any atom is -0.317 e. The number of amides is 1. The second-order valence-corrected chi connectivity index (χ2v) is 6.75. The Bertz CT molecular complexity index is 637. The Balaban J connectivity index is 0.00000176. The van der Waals surface area contributed by atoms with Crippen molar-refractivity contribution in [2.24, 2.45) is 5.92 Å². The van der Waals surface area contributed by atoms with E-state index < -0.39 is 0 Å². The molecule has 2 N–H and O–H groups in total. The summed E-state index contributed by atoms with van der Waals surface area (Å²) in [4.78, 5) is 16.6. The number of benzene rings is 1. The lowest BCUT2D eigenvalue weighted by Gasteiger charge is -2.21. The van der Waals surface area contributed by atoms with E-state index in [0.717, 1.165) is 40.4 Å². The van der Waals surface area contributed by atoms with E-state index >= 15 is 0 Å². The number of anilines is 1. The molecule has 0 radical (unpaired) electrons. The van der Waals surface area contributed by atoms with E-state index in [1.54, 1.807) is 11.3 Å². The van der Waals surface area contributed by atoms with Crippen LogP contribution >= 0.6 is 23.7 Å². The van der Waals surface area contributed by atoms with Gasteiger partial charge in [-0.3, -0.25) is 4.79 Å². The Labute approximate surface area is 141 Å². The van der Waals surface area contributed by atoms with Crippen molar-refractivity contribution in [1.29, 1.82) is 0 Å². The highest BCUT2D eigenvalue weighted by molar-refractivity contribution is 7.22. The number of carbonyl (C=O) groups excluding carboxylic acids is 1. The van der Waals surface area contributed by atoms with Gasteiger partial charge >= 0.3 is 0 Å². The van der Waals surface area contributed by atoms with E-state index in [1.807, 2.05) is 25.1 Å². The molecule has 1 aromatic heterocycles. The fourth-order valence-corrected chi connectivity index (χ4v) is 3.79. The van der Waals surface area contributed by atoms with Crippen molar-refractivity contribution >= 4 is 45.0 Å². The summed E-state index contributed by atoms with van der Waals surface area (Å²) in [6, 6.07) is 6.12. The van der Waals surface area contributed by atoms with E-state index in [9.17, 15) is 4.79 Å². The van der Waals surface area contributed by atoms with Gasteiger partial charge in [0.05, 0.1) is 10.2 Å². The summed E-state index contributed by atoms with van der Waals surface area (Å²) in [6.07, 6.45) is 3.96. The number of thiazole rings is 1. The smallest absolute Gasteiger partial charge is 0.226 e. The van der Waals surface area contributed by atoms with Crippen molar-refractivity contribution in [3.8, 4) is 0 Å². The van der Waals surface area contributed by atoms with E-state index in [2.05, 4.69) is 15.6 Å². The zero-order chi connectivity index (χ0) is 14.7. The molecule has 6 heteroatoms. The topological polar surface area (TPSA) is 54.0 Å². The summed E-state index contributed by atoms with van der Waals surface area (Å²) in [5, 5.41) is 7.02. The molecule has 0 saturated carbocycles. The van der Waals surface area contributed by atoms with Crippen LogP contribution in [0.25, 0.3) is 10.2 Å². The first kappa shape index (κ1) is 17.2. The number of aryl methyl sites for hydroxylation is 1. The highest BCUT2D eigenvalue weighted by Crippen LogP contribution is 2.28. The van der Waals surface area contributed by atoms with Gasteiger partial charge in [-0.2, -0.15) is 0 Å². The maximum Gasteiger partial charge on any atom is 0.226 e. The Hall–Kier alpha value is -1.17. The number of piperidine rings is 1. The maximum atomic E-state index is 12.1. The number of para-hydroxylation sites is 1. The van der Waals surface area contributed by atoms with Gasteiger partial charge in [-0.25, -0.2) is 4.98 Å². The molecule has 1 aromatic carbocycles. The molecule has 1 aliphatic rings. The van der Waals surface area contributed by atoms with Crippen LogP contribution in [0.2, 0.25) is 0 Å². The van der Waals surface area contributed by atoms with Gasteiger partial charge < -0.3 is 10.6 Å². The number of hydrogen-bond donors (Lipinski definition) is 2. The third kappa shape index (κ3) is 4.18. The molecule has 3 rings (SSSR count). The standard InChI is InChI=1S/C16H21N3OS.ClH/c1-11-3-2-4-13-15(11)19-16(21-13)18-14(20)6-5-12-7-9-17-10-8-12;/h2-4,12,17H,5-10H2,1H3,(H,18,19,20);1H. The highest BCUT2D eigenvalue weighted by Gasteiger charge is 2.15. The summed E-state index contributed by atoms with van der Waals surface area (Å²) in [6.45, 7) is 4.22. The molecule has 0 aliphatic carbocycles. The van der Waals surface area contributed by atoms with Crippen LogP contribution in [0.1, 0.15) is 31.2 Å². The minimum absolute atomic E-state index is 0. The molecule has 0 spiro atoms. The van der Waals surface area contributed by atoms with Crippen molar-refractivity contribution in [1.82, 2.24) is 10.3 Å². The number of carbonyl (C=O) groups is 1. The lowest BCUT2D eigenvalue weighted by Crippen LogP contribution is -2.28. The second kappa shape index (κ2) is 7.90. The van der Waals surface area contributed by atoms with Gasteiger partial charge in [0.1, 0.15) is 0 Å². The monoisotopic (exact) mass is 339 g/mol. The first-order valence-electron chi connectivity index (χ1n) is 7.59. The van der Waals surface area contributed by atoms with Crippen LogP contribution in [0, 0.1) is 12.8 Å². The lowest BCUT2D eigenvalue weighted by atomic mass is 9.93. The van der Waals surface area contributed by atoms with E-state index in [1.165, 1.54) is 12.8 Å². The molecule has 120 valence electrons. The molecule has 1 amide bonds. The summed E-state index contributed by atoms with van der Waals surface area (Å²) in [5.41, 5.74) is 2.15. The zero-order valence-corrected chi connectivity index (χ0v) is 14.4. The van der Waals surface area contributed by atoms with Crippen molar-refractivity contribution in [3.05, 3.63) is 23.8 Å². The third-order valence-electron chi connectivity index (χ3n) is 4.11. The van der Waals surface area contributed by atoms with Gasteiger partial charge in [0.2, 0.25) is 5.91 Å². The molecule has 22 heavy (non-hydrogen) atoms. The molecule has 0 bridgehead atoms. The molecule has 2 aromatic rings. The molecule has 1 fully saturated rings. The van der Waals surface area contributed by atoms with Crippen LogP contribution < -0.4 is 10.6 Å². The zero-order valence-electron chi connectivity index (χ0n) is 12.7. The average molecular weight is 340 g/mol. The van der Waals surface area contributed by atoms with E-state index in [4.69, 9.17) is 0 Å². The summed E-state index contributed by atoms with van der Waals surface area (Å²) < 4.78 is 1.13. The first-order chi connectivity index (χ1) is 10.2. The summed E-state index contributed by atoms with van der Waals surface area (Å²) in [7, 11) is 0. The normalized spacial score (nSPS) is 15.5. The fraction of sp³-hybridized carbons (Fsp3) is 0.500. The van der Waals surface area contributed by atoms with Crippen LogP contribution in [-0.4, -0.2) is 24.0 Å². The Kier molecular flexibility index (Phi) is 6.17. The second-order valence-electron chi connectivity index (χ2n) is 5.72. The van der Waals surface area contributed by atoms with Crippen molar-refractivity contribution in [3.63, 3.8) is 0 Å². The van der Waals surface area contributed by atoms with Crippen LogP contribution in [0.3, 0.4) is 0 Å². The molecular weight excluding hydrogens is 318 g/mol. The van der Waals surface area contributed by atoms with Crippen LogP contribution in [0.4, 0.5) is 5.13 Å². The quantitative estimate of drug-likeness (QED) is 0.892. The van der Waals surface area contributed by atoms with Gasteiger partial charge in [0, 0.05) is 6.42 Å². The highest BCUT2D eigenvalue weighted by atomic mass is 35.5. The third-order valence-corrected chi connectivity index (χ3v) is 5.04. The van der Waals surface area contributed by atoms with Gasteiger partial charge in [0.15, 0.2) is 5.13 Å². The lowest BCUT2D eigenvalue weighted by molar-refractivity contribution is -0.116. The summed E-state index contributed by atoms with van der Waals surface area (Å²) in [5.74, 6) is 0.778. The molecular formula is C16H22ClN3OS. The van der Waals surface area contributed by atoms with Gasteiger partial charge in [0.25, 0.3) is 0 Å². The van der Waals surface area contributed by atoms with Gasteiger partial charge in [-0.1, -0.05) is 23.5 Å². The predicted octanol–water partition coefficient (Wildman–Crippen LogP) is 3.74. The number of nitrogens with one attached hydrogen (secondary N) is 2. The molecule has 2 heterocycles. The Morgan fingerprint density at radius 2 is 2.18 bits per heavy atom. The Morgan fingerprint density at radius 3 is 2.91 bits per heavy atom. The summed E-state index contributed by atoms with van der Waals surface area (Å²) >= 11 is 1.55. The van der Waals surface area contributed by atoms with Crippen LogP contribution in [-0.2, 0) is 4.79 Å². The molecule has 1 saturated heterocycles. The molecule has 1 aliphatic heterocycles. The molecule has 0 unspecified atom stereocenters. The largest absolute Gasteiger partial charge is 0.317 e. The number of hydrogen-bond acceptors (Lipinski definition) is 4. The molecule has 4 nitrogen and oxygen atoms in total. The van der Waals surface area contributed by atoms with E-state index in [-0.39, 0.29) is 18.3 Å². The SMILES string of the molecule is Cc1cccc2sc(NC(=O)CCC3CCNCC3)nc12.Cl. The number of nitrogens with zero attached hydrogens (tertiary/aromatic N) is 1. The number of rotatable bonds is 4. The van der Waals surface area contributed by atoms with Crippen LogP contribution in [0.15, 0.2) is 18.2 Å². The average Bonchev–Trinajstić information content (AvgIpc) is 2.90. The fourth-order valence-electron chi connectivity index (χ4n) is 2.83. The van der Waals surface area contributed by atoms with Crippen molar-refractivity contribution < 1.29 is 4.79 Å². The van der Waals surface area contributed by atoms with Crippen LogP contribution in [0.5, 0.6) is 0 Å². The minimum atomic E-state index is 0. The van der Waals surface area contributed by atoms with E-state index in [0.29, 0.717) is 12.3 Å². The number of aromatic nitrogens is 1. The number of halogens is 1. The maximum absolute atomic E-state index is 12.1. The first-order valence-corrected chi connectivity index (χ1v) is 8.41. The van der Waals surface area contributed by atoms with Gasteiger partial charge in [-0.05, 0) is 56.8 Å². The number of fused-ring (bicyclic) bond motifs is 1.